The summed E-state index contributed by atoms with van der Waals surface area (Å²) in [5.41, 5.74) is 1.95. The van der Waals surface area contributed by atoms with Gasteiger partial charge in [0.1, 0.15) is 0 Å². The summed E-state index contributed by atoms with van der Waals surface area (Å²) in [5.74, 6) is 0.567. The van der Waals surface area contributed by atoms with Crippen molar-refractivity contribution in [2.45, 2.75) is 32.0 Å². The molecule has 18 heavy (non-hydrogen) atoms. The molecular formula is C13H19NO3S. The van der Waals surface area contributed by atoms with Gasteiger partial charge in [0.25, 0.3) is 0 Å². The molecule has 1 aliphatic heterocycles. The van der Waals surface area contributed by atoms with Crippen LogP contribution in [0.5, 0.6) is 0 Å². The average Bonchev–Trinajstić information content (AvgIpc) is 2.35. The van der Waals surface area contributed by atoms with Crippen LogP contribution in [0.2, 0.25) is 0 Å². The number of aliphatic hydroxyl groups is 1. The maximum absolute atomic E-state index is 11.5. The number of aliphatic hydroxyl groups excluding tert-OH is 1. The maximum atomic E-state index is 11.5. The van der Waals surface area contributed by atoms with Crippen molar-refractivity contribution in [2.24, 2.45) is 0 Å². The summed E-state index contributed by atoms with van der Waals surface area (Å²) in [6, 6.07) is 7.74. The summed E-state index contributed by atoms with van der Waals surface area (Å²) in [5, 5.41) is 12.3. The summed E-state index contributed by atoms with van der Waals surface area (Å²) >= 11 is 0. The fourth-order valence-electron chi connectivity index (χ4n) is 2.28. The van der Waals surface area contributed by atoms with Gasteiger partial charge in [0, 0.05) is 12.6 Å². The average molecular weight is 269 g/mol. The predicted molar refractivity (Wildman–Crippen MR) is 70.9 cm³/mol. The monoisotopic (exact) mass is 269 g/mol. The summed E-state index contributed by atoms with van der Waals surface area (Å²) in [7, 11) is -2.85. The molecule has 2 rings (SSSR count). The minimum absolute atomic E-state index is 0.0334. The summed E-state index contributed by atoms with van der Waals surface area (Å²) in [6.45, 7) is 0.680. The first-order valence-corrected chi connectivity index (χ1v) is 8.04. The van der Waals surface area contributed by atoms with Crippen LogP contribution >= 0.6 is 0 Å². The predicted octanol–water partition coefficient (Wildman–Crippen LogP) is 0.846. The highest BCUT2D eigenvalue weighted by Crippen LogP contribution is 2.13. The van der Waals surface area contributed by atoms with E-state index in [9.17, 15) is 8.42 Å². The number of benzene rings is 1. The van der Waals surface area contributed by atoms with E-state index in [-0.39, 0.29) is 18.4 Å². The van der Waals surface area contributed by atoms with E-state index in [1.807, 2.05) is 24.3 Å². The van der Waals surface area contributed by atoms with E-state index >= 15 is 0 Å². The minimum atomic E-state index is -2.85. The molecule has 1 saturated heterocycles. The Morgan fingerprint density at radius 1 is 1.33 bits per heavy atom. The van der Waals surface area contributed by atoms with Crippen LogP contribution in [-0.4, -0.2) is 31.1 Å². The molecule has 1 aromatic carbocycles. The van der Waals surface area contributed by atoms with Crippen molar-refractivity contribution in [3.8, 4) is 0 Å². The van der Waals surface area contributed by atoms with Gasteiger partial charge in [-0.2, -0.15) is 0 Å². The molecule has 1 heterocycles. The molecule has 0 bridgehead atoms. The molecule has 1 aliphatic rings. The van der Waals surface area contributed by atoms with Crippen LogP contribution in [0.4, 0.5) is 0 Å². The largest absolute Gasteiger partial charge is 0.392 e. The fraction of sp³-hybridized carbons (Fsp3) is 0.538. The van der Waals surface area contributed by atoms with Crippen molar-refractivity contribution >= 4 is 9.84 Å². The summed E-state index contributed by atoms with van der Waals surface area (Å²) < 4.78 is 23.0. The number of sulfone groups is 1. The zero-order valence-corrected chi connectivity index (χ0v) is 11.1. The van der Waals surface area contributed by atoms with Crippen molar-refractivity contribution in [3.63, 3.8) is 0 Å². The van der Waals surface area contributed by atoms with Crippen molar-refractivity contribution < 1.29 is 13.5 Å². The Morgan fingerprint density at radius 2 is 2.11 bits per heavy atom. The van der Waals surface area contributed by atoms with Gasteiger partial charge in [-0.05, 0) is 24.0 Å². The van der Waals surface area contributed by atoms with Crippen LogP contribution in [0.1, 0.15) is 24.0 Å². The second-order valence-electron chi connectivity index (χ2n) is 4.81. The smallest absolute Gasteiger partial charge is 0.151 e. The van der Waals surface area contributed by atoms with Gasteiger partial charge >= 0.3 is 0 Å². The van der Waals surface area contributed by atoms with Gasteiger partial charge < -0.3 is 10.4 Å². The molecule has 1 aromatic rings. The van der Waals surface area contributed by atoms with Crippen LogP contribution in [0, 0.1) is 0 Å². The molecule has 0 spiro atoms. The van der Waals surface area contributed by atoms with Crippen LogP contribution in [-0.2, 0) is 23.0 Å². The highest BCUT2D eigenvalue weighted by atomic mass is 32.2. The molecule has 1 unspecified atom stereocenters. The molecular weight excluding hydrogens is 250 g/mol. The Hall–Kier alpha value is -0.910. The molecule has 0 aromatic heterocycles. The molecule has 0 amide bonds. The molecule has 1 atom stereocenters. The quantitative estimate of drug-likeness (QED) is 0.850. The summed E-state index contributed by atoms with van der Waals surface area (Å²) in [4.78, 5) is 0. The van der Waals surface area contributed by atoms with E-state index in [1.54, 1.807) is 0 Å². The van der Waals surface area contributed by atoms with Crippen molar-refractivity contribution in [1.82, 2.24) is 5.32 Å². The molecule has 0 saturated carbocycles. The Bertz CT molecular complexity index is 499. The van der Waals surface area contributed by atoms with Crippen molar-refractivity contribution in [1.29, 1.82) is 0 Å². The SMILES string of the molecule is O=S1(=O)CCCC(NCc2cccc(CO)c2)C1. The van der Waals surface area contributed by atoms with Crippen LogP contribution in [0.25, 0.3) is 0 Å². The zero-order chi connectivity index (χ0) is 13.0. The van der Waals surface area contributed by atoms with Crippen LogP contribution < -0.4 is 5.32 Å². The lowest BCUT2D eigenvalue weighted by Gasteiger charge is -2.23. The highest BCUT2D eigenvalue weighted by molar-refractivity contribution is 7.91. The molecule has 1 fully saturated rings. The Morgan fingerprint density at radius 3 is 2.83 bits per heavy atom. The van der Waals surface area contributed by atoms with E-state index in [4.69, 9.17) is 5.11 Å². The number of hydrogen-bond acceptors (Lipinski definition) is 4. The third-order valence-corrected chi connectivity index (χ3v) is 5.05. The van der Waals surface area contributed by atoms with Crippen LogP contribution in [0.3, 0.4) is 0 Å². The van der Waals surface area contributed by atoms with E-state index in [0.29, 0.717) is 12.3 Å². The lowest BCUT2D eigenvalue weighted by molar-refractivity contribution is 0.281. The van der Waals surface area contributed by atoms with Crippen LogP contribution in [0.15, 0.2) is 24.3 Å². The second-order valence-corrected chi connectivity index (χ2v) is 7.04. The van der Waals surface area contributed by atoms with Gasteiger partial charge in [-0.3, -0.25) is 0 Å². The Labute approximate surface area is 108 Å². The van der Waals surface area contributed by atoms with Gasteiger partial charge in [0.15, 0.2) is 9.84 Å². The van der Waals surface area contributed by atoms with E-state index in [2.05, 4.69) is 5.32 Å². The molecule has 0 aliphatic carbocycles. The molecule has 5 heteroatoms. The fourth-order valence-corrected chi connectivity index (χ4v) is 3.95. The van der Waals surface area contributed by atoms with Gasteiger partial charge in [-0.15, -0.1) is 0 Å². The van der Waals surface area contributed by atoms with Gasteiger partial charge in [0.2, 0.25) is 0 Å². The third kappa shape index (κ3) is 3.80. The summed E-state index contributed by atoms with van der Waals surface area (Å²) in [6.07, 6.45) is 1.66. The van der Waals surface area contributed by atoms with E-state index in [0.717, 1.165) is 24.0 Å². The van der Waals surface area contributed by atoms with Crippen molar-refractivity contribution in [2.75, 3.05) is 11.5 Å². The number of rotatable bonds is 4. The first-order chi connectivity index (χ1) is 8.59. The highest BCUT2D eigenvalue weighted by Gasteiger charge is 2.23. The number of hydrogen-bond donors (Lipinski definition) is 2. The zero-order valence-electron chi connectivity index (χ0n) is 10.3. The van der Waals surface area contributed by atoms with E-state index < -0.39 is 9.84 Å². The van der Waals surface area contributed by atoms with Crippen molar-refractivity contribution in [3.05, 3.63) is 35.4 Å². The van der Waals surface area contributed by atoms with E-state index in [1.165, 1.54) is 0 Å². The molecule has 2 N–H and O–H groups in total. The normalized spacial score (nSPS) is 22.8. The second kappa shape index (κ2) is 5.82. The first-order valence-electron chi connectivity index (χ1n) is 6.21. The van der Waals surface area contributed by atoms with Gasteiger partial charge in [-0.1, -0.05) is 24.3 Å². The maximum Gasteiger partial charge on any atom is 0.151 e. The lowest BCUT2D eigenvalue weighted by atomic mass is 10.1. The number of nitrogens with one attached hydrogen (secondary N) is 1. The van der Waals surface area contributed by atoms with Gasteiger partial charge in [0.05, 0.1) is 18.1 Å². The molecule has 0 radical (unpaired) electrons. The molecule has 100 valence electrons. The topological polar surface area (TPSA) is 66.4 Å². The van der Waals surface area contributed by atoms with Gasteiger partial charge in [-0.25, -0.2) is 8.42 Å². The standard InChI is InChI=1S/C13H19NO3S/c15-9-12-4-1-3-11(7-12)8-14-13-5-2-6-18(16,17)10-13/h1,3-4,7,13-15H,2,5-6,8-10H2. The first kappa shape index (κ1) is 13.5. The Kier molecular flexibility index (Phi) is 4.37. The Balaban J connectivity index is 1.91. The third-order valence-electron chi connectivity index (χ3n) is 3.23. The lowest BCUT2D eigenvalue weighted by Crippen LogP contribution is -2.39. The molecule has 4 nitrogen and oxygen atoms in total. The minimum Gasteiger partial charge on any atom is -0.392 e.